The van der Waals surface area contributed by atoms with Gasteiger partial charge in [-0.2, -0.15) is 0 Å². The summed E-state index contributed by atoms with van der Waals surface area (Å²) in [4.78, 5) is 28.2. The van der Waals surface area contributed by atoms with Gasteiger partial charge >= 0.3 is 0 Å². The van der Waals surface area contributed by atoms with E-state index >= 15 is 0 Å². The van der Waals surface area contributed by atoms with Crippen LogP contribution in [0.3, 0.4) is 0 Å². The van der Waals surface area contributed by atoms with Crippen LogP contribution >= 0.6 is 0 Å². The third-order valence-corrected chi connectivity index (χ3v) is 6.02. The van der Waals surface area contributed by atoms with E-state index < -0.39 is 0 Å². The fraction of sp³-hybridized carbons (Fsp3) is 0.762. The van der Waals surface area contributed by atoms with Crippen LogP contribution in [0.25, 0.3) is 0 Å². The number of aromatic nitrogens is 2. The third-order valence-electron chi connectivity index (χ3n) is 6.02. The van der Waals surface area contributed by atoms with Gasteiger partial charge in [0.25, 0.3) is 0 Å². The van der Waals surface area contributed by atoms with Crippen molar-refractivity contribution in [3.8, 4) is 0 Å². The van der Waals surface area contributed by atoms with Crippen LogP contribution in [0.15, 0.2) is 12.4 Å². The predicted octanol–water partition coefficient (Wildman–Crippen LogP) is 2.46. The molecule has 1 aromatic rings. The maximum atomic E-state index is 12.7. The van der Waals surface area contributed by atoms with Gasteiger partial charge in [0.15, 0.2) is 0 Å². The Balaban J connectivity index is 1.46. The first kappa shape index (κ1) is 20.8. The van der Waals surface area contributed by atoms with Crippen LogP contribution in [-0.2, 0) is 4.79 Å². The maximum absolute atomic E-state index is 12.7. The molecule has 1 atom stereocenters. The van der Waals surface area contributed by atoms with E-state index in [0.717, 1.165) is 70.3 Å². The number of carbonyl (C=O) groups excluding carboxylic acids is 1. The number of rotatable bonds is 7. The largest absolute Gasteiger partial charge is 0.370 e. The third kappa shape index (κ3) is 5.56. The van der Waals surface area contributed by atoms with Crippen LogP contribution in [0.1, 0.15) is 46.5 Å². The normalized spacial score (nSPS) is 21.2. The molecule has 2 saturated heterocycles. The minimum atomic E-state index is 0.331. The lowest BCUT2D eigenvalue weighted by Crippen LogP contribution is -2.50. The summed E-state index contributed by atoms with van der Waals surface area (Å²) >= 11 is 0. The van der Waals surface area contributed by atoms with Crippen LogP contribution < -0.4 is 10.2 Å². The number of carbonyl (C=O) groups is 1. The Labute approximate surface area is 169 Å². The second-order valence-electron chi connectivity index (χ2n) is 8.30. The number of piperazine rings is 1. The van der Waals surface area contributed by atoms with Gasteiger partial charge in [0.2, 0.25) is 5.91 Å². The lowest BCUT2D eigenvalue weighted by atomic mass is 9.93. The summed E-state index contributed by atoms with van der Waals surface area (Å²) in [5.41, 5.74) is 0. The Morgan fingerprint density at radius 3 is 2.71 bits per heavy atom. The average Bonchev–Trinajstić information content (AvgIpc) is 2.73. The summed E-state index contributed by atoms with van der Waals surface area (Å²) in [5, 5.41) is 3.25. The van der Waals surface area contributed by atoms with Crippen LogP contribution in [0.4, 0.5) is 11.6 Å². The van der Waals surface area contributed by atoms with Gasteiger partial charge in [0.1, 0.15) is 18.0 Å². The molecule has 7 nitrogen and oxygen atoms in total. The highest BCUT2D eigenvalue weighted by Gasteiger charge is 2.25. The van der Waals surface area contributed by atoms with Crippen molar-refractivity contribution in [3.63, 3.8) is 0 Å². The SMILES string of the molecule is CCNc1cc(N2CCC[C@H](CCC(=O)N3CCN(C(C)C)CC3)C2)ncn1. The smallest absolute Gasteiger partial charge is 0.222 e. The van der Waals surface area contributed by atoms with E-state index in [9.17, 15) is 4.79 Å². The highest BCUT2D eigenvalue weighted by atomic mass is 16.2. The number of hydrogen-bond acceptors (Lipinski definition) is 6. The first-order valence-electron chi connectivity index (χ1n) is 10.9. The van der Waals surface area contributed by atoms with Crippen molar-refractivity contribution in [2.75, 3.05) is 56.0 Å². The zero-order valence-electron chi connectivity index (χ0n) is 17.7. The molecule has 1 aromatic heterocycles. The summed E-state index contributed by atoms with van der Waals surface area (Å²) in [7, 11) is 0. The minimum Gasteiger partial charge on any atom is -0.370 e. The van der Waals surface area contributed by atoms with Crippen molar-refractivity contribution in [1.29, 1.82) is 0 Å². The lowest BCUT2D eigenvalue weighted by Gasteiger charge is -2.37. The Morgan fingerprint density at radius 1 is 1.21 bits per heavy atom. The molecule has 2 fully saturated rings. The molecule has 0 aliphatic carbocycles. The standard InChI is InChI=1S/C21H36N6O/c1-4-22-19-14-20(24-16-23-19)27-9-5-6-18(15-27)7-8-21(28)26-12-10-25(11-13-26)17(2)3/h14,16-18H,4-13,15H2,1-3H3,(H,22,23,24)/t18-/m1/s1. The molecule has 3 rings (SSSR count). The molecule has 0 unspecified atom stereocenters. The van der Waals surface area contributed by atoms with Crippen molar-refractivity contribution in [1.82, 2.24) is 19.8 Å². The average molecular weight is 389 g/mol. The van der Waals surface area contributed by atoms with Gasteiger partial charge in [-0.05, 0) is 46.0 Å². The van der Waals surface area contributed by atoms with Gasteiger partial charge in [-0.1, -0.05) is 0 Å². The van der Waals surface area contributed by atoms with Crippen molar-refractivity contribution < 1.29 is 4.79 Å². The minimum absolute atomic E-state index is 0.331. The van der Waals surface area contributed by atoms with Crippen LogP contribution in [0, 0.1) is 5.92 Å². The number of nitrogens with one attached hydrogen (secondary N) is 1. The van der Waals surface area contributed by atoms with E-state index in [1.54, 1.807) is 6.33 Å². The van der Waals surface area contributed by atoms with Crippen molar-refractivity contribution >= 4 is 17.5 Å². The summed E-state index contributed by atoms with van der Waals surface area (Å²) in [6, 6.07) is 2.60. The number of piperidine rings is 1. The Morgan fingerprint density at radius 2 is 2.00 bits per heavy atom. The van der Waals surface area contributed by atoms with E-state index in [1.807, 2.05) is 6.07 Å². The summed E-state index contributed by atoms with van der Waals surface area (Å²) in [5.74, 6) is 2.77. The van der Waals surface area contributed by atoms with Gasteiger partial charge in [-0.25, -0.2) is 9.97 Å². The number of amides is 1. The number of nitrogens with zero attached hydrogens (tertiary/aromatic N) is 5. The predicted molar refractivity (Wildman–Crippen MR) is 114 cm³/mol. The first-order chi connectivity index (χ1) is 13.6. The number of hydrogen-bond donors (Lipinski definition) is 1. The van der Waals surface area contributed by atoms with Gasteiger partial charge < -0.3 is 15.1 Å². The molecule has 0 spiro atoms. The molecule has 0 radical (unpaired) electrons. The van der Waals surface area contributed by atoms with Gasteiger partial charge in [-0.3, -0.25) is 9.69 Å². The van der Waals surface area contributed by atoms with Crippen molar-refractivity contribution in [2.24, 2.45) is 5.92 Å². The fourth-order valence-corrected chi connectivity index (χ4v) is 4.28. The molecule has 2 aliphatic heterocycles. The molecule has 156 valence electrons. The molecule has 0 saturated carbocycles. The molecule has 0 bridgehead atoms. The zero-order chi connectivity index (χ0) is 19.9. The van der Waals surface area contributed by atoms with Gasteiger partial charge in [-0.15, -0.1) is 0 Å². The quantitative estimate of drug-likeness (QED) is 0.774. The number of anilines is 2. The van der Waals surface area contributed by atoms with Crippen LogP contribution in [0.5, 0.6) is 0 Å². The monoisotopic (exact) mass is 388 g/mol. The Hall–Kier alpha value is -1.89. The molecule has 2 aliphatic rings. The molecular weight excluding hydrogens is 352 g/mol. The van der Waals surface area contributed by atoms with E-state index in [2.05, 4.69) is 50.8 Å². The van der Waals surface area contributed by atoms with Crippen molar-refractivity contribution in [2.45, 2.75) is 52.5 Å². The van der Waals surface area contributed by atoms with Crippen molar-refractivity contribution in [3.05, 3.63) is 12.4 Å². The van der Waals surface area contributed by atoms with Gasteiger partial charge in [0.05, 0.1) is 0 Å². The topological polar surface area (TPSA) is 64.6 Å². The fourth-order valence-electron chi connectivity index (χ4n) is 4.28. The second-order valence-corrected chi connectivity index (χ2v) is 8.30. The molecule has 28 heavy (non-hydrogen) atoms. The van der Waals surface area contributed by atoms with E-state index in [1.165, 1.54) is 6.42 Å². The first-order valence-corrected chi connectivity index (χ1v) is 10.9. The van der Waals surface area contributed by atoms with E-state index in [0.29, 0.717) is 24.3 Å². The molecule has 0 aromatic carbocycles. The lowest BCUT2D eigenvalue weighted by molar-refractivity contribution is -0.133. The maximum Gasteiger partial charge on any atom is 0.222 e. The summed E-state index contributed by atoms with van der Waals surface area (Å²) < 4.78 is 0. The molecule has 7 heteroatoms. The van der Waals surface area contributed by atoms with E-state index in [4.69, 9.17) is 0 Å². The summed E-state index contributed by atoms with van der Waals surface area (Å²) in [6.07, 6.45) is 5.65. The highest BCUT2D eigenvalue weighted by Crippen LogP contribution is 2.26. The zero-order valence-corrected chi connectivity index (χ0v) is 17.7. The molecule has 1 amide bonds. The van der Waals surface area contributed by atoms with E-state index in [-0.39, 0.29) is 0 Å². The Kier molecular flexibility index (Phi) is 7.48. The van der Waals surface area contributed by atoms with Crippen LogP contribution in [0.2, 0.25) is 0 Å². The van der Waals surface area contributed by atoms with Gasteiger partial charge in [0, 0.05) is 64.3 Å². The molecular formula is C21H36N6O. The summed E-state index contributed by atoms with van der Waals surface area (Å²) in [6.45, 7) is 13.2. The highest BCUT2D eigenvalue weighted by molar-refractivity contribution is 5.76. The van der Waals surface area contributed by atoms with Crippen LogP contribution in [-0.4, -0.2) is 77.5 Å². The second kappa shape index (κ2) is 10.0. The molecule has 3 heterocycles. The Bertz CT molecular complexity index is 629. The molecule has 1 N–H and O–H groups in total.